The fraction of sp³-hybridized carbons (Fsp3) is 0.333. The molecule has 1 amide bonds. The number of amides is 1. The molecule has 0 bridgehead atoms. The molecule has 5 nitrogen and oxygen atoms in total. The number of oxime groups is 1. The van der Waals surface area contributed by atoms with Gasteiger partial charge in [0.15, 0.2) is 6.61 Å². The number of aryl methyl sites for hydroxylation is 1. The number of ether oxygens (including phenoxy) is 1. The lowest BCUT2D eigenvalue weighted by Crippen LogP contribution is -2.33. The lowest BCUT2D eigenvalue weighted by molar-refractivity contribution is -0.126. The van der Waals surface area contributed by atoms with E-state index < -0.39 is 0 Å². The first kappa shape index (κ1) is 18.0. The second-order valence-corrected chi connectivity index (χ2v) is 6.22. The van der Waals surface area contributed by atoms with Gasteiger partial charge in [0.05, 0.1) is 18.9 Å². The minimum absolute atomic E-state index is 0.0612. The number of rotatable bonds is 7. The quantitative estimate of drug-likeness (QED) is 0.611. The molecule has 2 aromatic carbocycles. The summed E-state index contributed by atoms with van der Waals surface area (Å²) < 4.78 is 5.39. The zero-order valence-corrected chi connectivity index (χ0v) is 15.0. The second-order valence-electron chi connectivity index (χ2n) is 6.22. The molecule has 3 rings (SSSR count). The van der Waals surface area contributed by atoms with Crippen LogP contribution < -0.4 is 10.1 Å². The van der Waals surface area contributed by atoms with E-state index in [2.05, 4.69) is 22.6 Å². The van der Waals surface area contributed by atoms with Crippen molar-refractivity contribution in [1.29, 1.82) is 0 Å². The van der Waals surface area contributed by atoms with Crippen LogP contribution in [0.1, 0.15) is 42.5 Å². The molecule has 0 fully saturated rings. The first-order chi connectivity index (χ1) is 12.8. The molecule has 0 radical (unpaired) electrons. The van der Waals surface area contributed by atoms with Gasteiger partial charge >= 0.3 is 0 Å². The topological polar surface area (TPSA) is 59.9 Å². The summed E-state index contributed by atoms with van der Waals surface area (Å²) in [6, 6.07) is 15.9. The van der Waals surface area contributed by atoms with Gasteiger partial charge in [0.25, 0.3) is 5.91 Å². The van der Waals surface area contributed by atoms with Crippen LogP contribution in [0.5, 0.6) is 5.75 Å². The van der Waals surface area contributed by atoms with Crippen molar-refractivity contribution in [3.63, 3.8) is 0 Å². The molecule has 5 heteroatoms. The molecule has 1 aliphatic rings. The van der Waals surface area contributed by atoms with Gasteiger partial charge in [0.2, 0.25) is 0 Å². The standard InChI is InChI=1S/C21H24N2O3/c1-2-25-18-12-10-16(11-13-18)14-22-26-15-21(24)23-20-9-5-7-17-6-3-4-8-19(17)20/h3-4,6,8,10-14,20H,2,5,7,9,15H2,1H3,(H,23,24)/b22-14-/t20-/m0/s1. The molecule has 0 aliphatic heterocycles. The molecule has 136 valence electrons. The highest BCUT2D eigenvalue weighted by molar-refractivity contribution is 5.80. The lowest BCUT2D eigenvalue weighted by Gasteiger charge is -2.26. The van der Waals surface area contributed by atoms with E-state index >= 15 is 0 Å². The third kappa shape index (κ3) is 4.85. The van der Waals surface area contributed by atoms with Crippen molar-refractivity contribution in [2.45, 2.75) is 32.2 Å². The zero-order chi connectivity index (χ0) is 18.2. The van der Waals surface area contributed by atoms with Crippen LogP contribution in [0.15, 0.2) is 53.7 Å². The SMILES string of the molecule is CCOc1ccc(/C=N\OCC(=O)N[C@H]2CCCc3ccccc32)cc1. The summed E-state index contributed by atoms with van der Waals surface area (Å²) in [6.45, 7) is 2.49. The number of hydrogen-bond donors (Lipinski definition) is 1. The van der Waals surface area contributed by atoms with Crippen LogP contribution in [0.25, 0.3) is 0 Å². The summed E-state index contributed by atoms with van der Waals surface area (Å²) in [5, 5.41) is 6.91. The van der Waals surface area contributed by atoms with Crippen molar-refractivity contribution in [3.05, 3.63) is 65.2 Å². The first-order valence-electron chi connectivity index (χ1n) is 9.01. The summed E-state index contributed by atoms with van der Waals surface area (Å²) in [7, 11) is 0. The van der Waals surface area contributed by atoms with Gasteiger partial charge in [0.1, 0.15) is 5.75 Å². The molecule has 0 spiro atoms. The fourth-order valence-electron chi connectivity index (χ4n) is 3.15. The summed E-state index contributed by atoms with van der Waals surface area (Å²) >= 11 is 0. The maximum absolute atomic E-state index is 12.1. The van der Waals surface area contributed by atoms with Crippen LogP contribution in [0.3, 0.4) is 0 Å². The van der Waals surface area contributed by atoms with Gasteiger partial charge in [-0.1, -0.05) is 29.4 Å². The van der Waals surface area contributed by atoms with Gasteiger partial charge in [0, 0.05) is 0 Å². The second kappa shape index (κ2) is 9.04. The molecule has 0 unspecified atom stereocenters. The number of fused-ring (bicyclic) bond motifs is 1. The van der Waals surface area contributed by atoms with E-state index in [1.165, 1.54) is 11.1 Å². The summed E-state index contributed by atoms with van der Waals surface area (Å²) in [5.74, 6) is 0.660. The van der Waals surface area contributed by atoms with Crippen molar-refractivity contribution in [1.82, 2.24) is 5.32 Å². The number of hydrogen-bond acceptors (Lipinski definition) is 4. The van der Waals surface area contributed by atoms with Gasteiger partial charge in [-0.05, 0) is 67.1 Å². The molecule has 0 aromatic heterocycles. The van der Waals surface area contributed by atoms with E-state index in [1.807, 2.05) is 43.3 Å². The predicted molar refractivity (Wildman–Crippen MR) is 101 cm³/mol. The number of carbonyl (C=O) groups excluding carboxylic acids is 1. The molecular formula is C21H24N2O3. The third-order valence-electron chi connectivity index (χ3n) is 4.37. The van der Waals surface area contributed by atoms with Crippen LogP contribution in [-0.4, -0.2) is 25.3 Å². The van der Waals surface area contributed by atoms with Gasteiger partial charge in [-0.15, -0.1) is 0 Å². The van der Waals surface area contributed by atoms with E-state index in [9.17, 15) is 4.79 Å². The van der Waals surface area contributed by atoms with Crippen LogP contribution >= 0.6 is 0 Å². The van der Waals surface area contributed by atoms with E-state index in [-0.39, 0.29) is 18.6 Å². The van der Waals surface area contributed by atoms with E-state index in [1.54, 1.807) is 6.21 Å². The Bertz CT molecular complexity index is 756. The Balaban J connectivity index is 1.46. The summed E-state index contributed by atoms with van der Waals surface area (Å²) in [4.78, 5) is 17.3. The molecule has 1 N–H and O–H groups in total. The van der Waals surface area contributed by atoms with Crippen LogP contribution in [-0.2, 0) is 16.1 Å². The molecule has 1 atom stereocenters. The lowest BCUT2D eigenvalue weighted by atomic mass is 9.88. The van der Waals surface area contributed by atoms with E-state index in [4.69, 9.17) is 9.57 Å². The minimum atomic E-state index is -0.157. The largest absolute Gasteiger partial charge is 0.494 e. The molecule has 2 aromatic rings. The fourth-order valence-corrected chi connectivity index (χ4v) is 3.15. The van der Waals surface area contributed by atoms with Crippen LogP contribution in [0.4, 0.5) is 0 Å². The Hall–Kier alpha value is -2.82. The van der Waals surface area contributed by atoms with Gasteiger partial charge < -0.3 is 14.9 Å². The van der Waals surface area contributed by atoms with Crippen molar-refractivity contribution in [3.8, 4) is 5.75 Å². The van der Waals surface area contributed by atoms with E-state index in [0.29, 0.717) is 6.61 Å². The Morgan fingerprint density at radius 2 is 2.04 bits per heavy atom. The number of carbonyl (C=O) groups is 1. The Morgan fingerprint density at radius 3 is 2.85 bits per heavy atom. The van der Waals surface area contributed by atoms with Crippen molar-refractivity contribution >= 4 is 12.1 Å². The van der Waals surface area contributed by atoms with Crippen LogP contribution in [0, 0.1) is 0 Å². The number of nitrogens with zero attached hydrogens (tertiary/aromatic N) is 1. The smallest absolute Gasteiger partial charge is 0.261 e. The minimum Gasteiger partial charge on any atom is -0.494 e. The molecule has 0 saturated heterocycles. The Morgan fingerprint density at radius 1 is 1.23 bits per heavy atom. The van der Waals surface area contributed by atoms with Gasteiger partial charge in [-0.3, -0.25) is 4.79 Å². The molecule has 0 heterocycles. The normalized spacial score (nSPS) is 16.1. The van der Waals surface area contributed by atoms with E-state index in [0.717, 1.165) is 30.6 Å². The van der Waals surface area contributed by atoms with Gasteiger partial charge in [-0.25, -0.2) is 0 Å². The highest BCUT2D eigenvalue weighted by atomic mass is 16.6. The zero-order valence-electron chi connectivity index (χ0n) is 15.0. The summed E-state index contributed by atoms with van der Waals surface area (Å²) in [6.07, 6.45) is 4.70. The van der Waals surface area contributed by atoms with Crippen molar-refractivity contribution in [2.75, 3.05) is 13.2 Å². The molecule has 26 heavy (non-hydrogen) atoms. The monoisotopic (exact) mass is 352 g/mol. The van der Waals surface area contributed by atoms with Crippen molar-refractivity contribution < 1.29 is 14.4 Å². The molecular weight excluding hydrogens is 328 g/mol. The predicted octanol–water partition coefficient (Wildman–Crippen LogP) is 3.63. The Kier molecular flexibility index (Phi) is 6.25. The molecule has 0 saturated carbocycles. The highest BCUT2D eigenvalue weighted by Crippen LogP contribution is 2.29. The average molecular weight is 352 g/mol. The first-order valence-corrected chi connectivity index (χ1v) is 9.01. The van der Waals surface area contributed by atoms with Crippen LogP contribution in [0.2, 0.25) is 0 Å². The van der Waals surface area contributed by atoms with Crippen molar-refractivity contribution in [2.24, 2.45) is 5.16 Å². The van der Waals surface area contributed by atoms with Gasteiger partial charge in [-0.2, -0.15) is 0 Å². The number of nitrogens with one attached hydrogen (secondary N) is 1. The highest BCUT2D eigenvalue weighted by Gasteiger charge is 2.21. The average Bonchev–Trinajstić information content (AvgIpc) is 2.67. The Labute approximate surface area is 154 Å². The maximum atomic E-state index is 12.1. The number of benzene rings is 2. The maximum Gasteiger partial charge on any atom is 0.261 e. The third-order valence-corrected chi connectivity index (χ3v) is 4.37. The molecule has 1 aliphatic carbocycles. The summed E-state index contributed by atoms with van der Waals surface area (Å²) in [5.41, 5.74) is 3.42.